The lowest BCUT2D eigenvalue weighted by molar-refractivity contribution is -0.217. The standard InChI is InChI=1S/C12H11F3O4/c1-18-8-4-2-3-6-5-7(11(16)17)10(12(13,14)15)19-9(6)8/h2-4,7,10H,5H2,1H3,(H,16,17)/t7-,10-/m0/s1. The van der Waals surface area contributed by atoms with Gasteiger partial charge < -0.3 is 14.6 Å². The SMILES string of the molecule is COc1cccc2c1O[C@H](C(F)(F)F)[C@@H](C(=O)O)C2. The second kappa shape index (κ2) is 4.64. The van der Waals surface area contributed by atoms with Crippen molar-refractivity contribution < 1.29 is 32.5 Å². The van der Waals surface area contributed by atoms with E-state index < -0.39 is 24.2 Å². The summed E-state index contributed by atoms with van der Waals surface area (Å²) in [6.45, 7) is 0. The molecule has 104 valence electrons. The Morgan fingerprint density at radius 1 is 1.47 bits per heavy atom. The smallest absolute Gasteiger partial charge is 0.426 e. The molecule has 19 heavy (non-hydrogen) atoms. The number of ether oxygens (including phenoxy) is 2. The highest BCUT2D eigenvalue weighted by atomic mass is 19.4. The summed E-state index contributed by atoms with van der Waals surface area (Å²) in [5, 5.41) is 8.91. The van der Waals surface area contributed by atoms with Gasteiger partial charge in [0.2, 0.25) is 6.10 Å². The highest BCUT2D eigenvalue weighted by Crippen LogP contribution is 2.42. The molecule has 0 bridgehead atoms. The predicted octanol–water partition coefficient (Wildman–Crippen LogP) is 2.26. The van der Waals surface area contributed by atoms with Crippen LogP contribution in [0.25, 0.3) is 0 Å². The highest BCUT2D eigenvalue weighted by molar-refractivity contribution is 5.72. The molecule has 0 amide bonds. The lowest BCUT2D eigenvalue weighted by atomic mass is 9.90. The fourth-order valence-electron chi connectivity index (χ4n) is 2.08. The van der Waals surface area contributed by atoms with Gasteiger partial charge in [0.1, 0.15) is 5.92 Å². The van der Waals surface area contributed by atoms with Crippen molar-refractivity contribution in [2.24, 2.45) is 5.92 Å². The number of carboxylic acid groups (broad SMARTS) is 1. The predicted molar refractivity (Wildman–Crippen MR) is 58.3 cm³/mol. The summed E-state index contributed by atoms with van der Waals surface area (Å²) >= 11 is 0. The van der Waals surface area contributed by atoms with Crippen LogP contribution in [0.4, 0.5) is 13.2 Å². The first-order valence-electron chi connectivity index (χ1n) is 5.46. The third-order valence-corrected chi connectivity index (χ3v) is 2.97. The summed E-state index contributed by atoms with van der Waals surface area (Å²) in [4.78, 5) is 11.0. The van der Waals surface area contributed by atoms with Crippen molar-refractivity contribution in [1.29, 1.82) is 0 Å². The molecule has 2 rings (SSSR count). The minimum Gasteiger partial charge on any atom is -0.493 e. The zero-order chi connectivity index (χ0) is 14.2. The molecule has 0 fully saturated rings. The van der Waals surface area contributed by atoms with E-state index in [-0.39, 0.29) is 17.9 Å². The first-order chi connectivity index (χ1) is 8.84. The van der Waals surface area contributed by atoms with Crippen LogP contribution in [0.3, 0.4) is 0 Å². The van der Waals surface area contributed by atoms with E-state index in [1.54, 1.807) is 6.07 Å². The van der Waals surface area contributed by atoms with Crippen molar-refractivity contribution in [1.82, 2.24) is 0 Å². The molecule has 0 unspecified atom stereocenters. The van der Waals surface area contributed by atoms with E-state index in [2.05, 4.69) is 0 Å². The zero-order valence-corrected chi connectivity index (χ0v) is 9.90. The van der Waals surface area contributed by atoms with E-state index >= 15 is 0 Å². The largest absolute Gasteiger partial charge is 0.493 e. The van der Waals surface area contributed by atoms with Gasteiger partial charge in [0, 0.05) is 0 Å². The molecule has 4 nitrogen and oxygen atoms in total. The number of hydrogen-bond acceptors (Lipinski definition) is 3. The molecule has 1 aromatic rings. The molecule has 7 heteroatoms. The third-order valence-electron chi connectivity index (χ3n) is 2.97. The highest BCUT2D eigenvalue weighted by Gasteiger charge is 2.52. The minimum atomic E-state index is -4.75. The number of carbonyl (C=O) groups is 1. The average molecular weight is 276 g/mol. The van der Waals surface area contributed by atoms with Crippen LogP contribution in [0.1, 0.15) is 5.56 Å². The van der Waals surface area contributed by atoms with Gasteiger partial charge in [-0.05, 0) is 18.1 Å². The molecule has 1 aromatic carbocycles. The number of benzene rings is 1. The number of halogens is 3. The van der Waals surface area contributed by atoms with Gasteiger partial charge in [0.15, 0.2) is 11.5 Å². The lowest BCUT2D eigenvalue weighted by Gasteiger charge is -2.33. The van der Waals surface area contributed by atoms with Crippen LogP contribution >= 0.6 is 0 Å². The summed E-state index contributed by atoms with van der Waals surface area (Å²) in [6.07, 6.45) is -7.36. The number of alkyl halides is 3. The van der Waals surface area contributed by atoms with Gasteiger partial charge in [-0.25, -0.2) is 0 Å². The van der Waals surface area contributed by atoms with Gasteiger partial charge in [0.25, 0.3) is 0 Å². The van der Waals surface area contributed by atoms with Crippen LogP contribution in [-0.4, -0.2) is 30.5 Å². The van der Waals surface area contributed by atoms with Crippen LogP contribution in [0.5, 0.6) is 11.5 Å². The number of fused-ring (bicyclic) bond motifs is 1. The maximum absolute atomic E-state index is 12.9. The van der Waals surface area contributed by atoms with Gasteiger partial charge in [-0.15, -0.1) is 0 Å². The Kier molecular flexibility index (Phi) is 3.30. The first kappa shape index (κ1) is 13.5. The molecule has 0 aliphatic carbocycles. The fraction of sp³-hybridized carbons (Fsp3) is 0.417. The molecule has 2 atom stereocenters. The van der Waals surface area contributed by atoms with E-state index in [9.17, 15) is 18.0 Å². The molecular formula is C12H11F3O4. The van der Waals surface area contributed by atoms with Gasteiger partial charge in [-0.3, -0.25) is 4.79 Å². The Morgan fingerprint density at radius 2 is 2.16 bits per heavy atom. The van der Waals surface area contributed by atoms with E-state index in [1.165, 1.54) is 19.2 Å². The molecule has 0 saturated carbocycles. The number of rotatable bonds is 2. The summed E-state index contributed by atoms with van der Waals surface area (Å²) < 4.78 is 48.3. The second-order valence-electron chi connectivity index (χ2n) is 4.18. The monoisotopic (exact) mass is 276 g/mol. The topological polar surface area (TPSA) is 55.8 Å². The Bertz CT molecular complexity index is 498. The summed E-state index contributed by atoms with van der Waals surface area (Å²) in [5.41, 5.74) is 0.396. The molecule has 0 saturated heterocycles. The van der Waals surface area contributed by atoms with Crippen LogP contribution in [0, 0.1) is 5.92 Å². The number of aliphatic carboxylic acids is 1. The summed E-state index contributed by atoms with van der Waals surface area (Å²) in [6, 6.07) is 4.57. The number of carboxylic acids is 1. The Hall–Kier alpha value is -1.92. The minimum absolute atomic E-state index is 0.0372. The van der Waals surface area contributed by atoms with Crippen LogP contribution < -0.4 is 9.47 Å². The fourth-order valence-corrected chi connectivity index (χ4v) is 2.08. The van der Waals surface area contributed by atoms with E-state index in [1.807, 2.05) is 0 Å². The second-order valence-corrected chi connectivity index (χ2v) is 4.18. The first-order valence-corrected chi connectivity index (χ1v) is 5.46. The average Bonchev–Trinajstić information content (AvgIpc) is 2.35. The molecule has 0 spiro atoms. The lowest BCUT2D eigenvalue weighted by Crippen LogP contribution is -2.47. The quantitative estimate of drug-likeness (QED) is 0.900. The molecule has 0 radical (unpaired) electrons. The Morgan fingerprint density at radius 3 is 2.68 bits per heavy atom. The molecule has 1 aliphatic rings. The summed E-state index contributed by atoms with van der Waals surface area (Å²) in [5.74, 6) is -3.06. The van der Waals surface area contributed by atoms with E-state index in [0.29, 0.717) is 5.56 Å². The number of hydrogen-bond donors (Lipinski definition) is 1. The Balaban J connectivity index is 2.45. The molecular weight excluding hydrogens is 265 g/mol. The van der Waals surface area contributed by atoms with Crippen LogP contribution in [0.15, 0.2) is 18.2 Å². The van der Waals surface area contributed by atoms with Crippen LogP contribution in [0.2, 0.25) is 0 Å². The van der Waals surface area contributed by atoms with Gasteiger partial charge >= 0.3 is 12.1 Å². The van der Waals surface area contributed by atoms with Gasteiger partial charge in [0.05, 0.1) is 7.11 Å². The molecule has 1 N–H and O–H groups in total. The Labute approximate surface area is 106 Å². The maximum atomic E-state index is 12.9. The van der Waals surface area contributed by atoms with Gasteiger partial charge in [-0.2, -0.15) is 13.2 Å². The van der Waals surface area contributed by atoms with Crippen molar-refractivity contribution in [2.75, 3.05) is 7.11 Å². The van der Waals surface area contributed by atoms with E-state index in [0.717, 1.165) is 0 Å². The van der Waals surface area contributed by atoms with Crippen LogP contribution in [-0.2, 0) is 11.2 Å². The third kappa shape index (κ3) is 2.45. The maximum Gasteiger partial charge on any atom is 0.426 e. The summed E-state index contributed by atoms with van der Waals surface area (Å²) in [7, 11) is 1.31. The molecule has 1 aliphatic heterocycles. The molecule has 0 aromatic heterocycles. The van der Waals surface area contributed by atoms with Crippen molar-refractivity contribution in [3.8, 4) is 11.5 Å². The number of methoxy groups -OCH3 is 1. The van der Waals surface area contributed by atoms with Crippen molar-refractivity contribution in [2.45, 2.75) is 18.7 Å². The molecule has 1 heterocycles. The number of para-hydroxylation sites is 1. The van der Waals surface area contributed by atoms with E-state index in [4.69, 9.17) is 14.6 Å². The normalized spacial score (nSPS) is 22.3. The van der Waals surface area contributed by atoms with Crippen molar-refractivity contribution in [3.05, 3.63) is 23.8 Å². The van der Waals surface area contributed by atoms with Crippen molar-refractivity contribution >= 4 is 5.97 Å². The zero-order valence-electron chi connectivity index (χ0n) is 9.90. The van der Waals surface area contributed by atoms with Gasteiger partial charge in [-0.1, -0.05) is 12.1 Å². The van der Waals surface area contributed by atoms with Crippen molar-refractivity contribution in [3.63, 3.8) is 0 Å².